The number of hydrogen-bond acceptors (Lipinski definition) is 6. The zero-order chi connectivity index (χ0) is 20.1. The van der Waals surface area contributed by atoms with E-state index in [1.165, 1.54) is 24.4 Å². The molecule has 7 nitrogen and oxygen atoms in total. The van der Waals surface area contributed by atoms with E-state index in [1.807, 2.05) is 13.8 Å². The Bertz CT molecular complexity index is 937. The summed E-state index contributed by atoms with van der Waals surface area (Å²) in [5.41, 5.74) is 0.252. The second-order valence-electron chi connectivity index (χ2n) is 6.37. The lowest BCUT2D eigenvalue weighted by atomic mass is 10.2. The molecule has 0 aliphatic carbocycles. The number of benzene rings is 1. The van der Waals surface area contributed by atoms with Crippen LogP contribution in [0.1, 0.15) is 47.4 Å². The molecular weight excluding hydrogens is 368 g/mol. The maximum absolute atomic E-state index is 13.6. The minimum atomic E-state index is -0.634. The van der Waals surface area contributed by atoms with Crippen molar-refractivity contribution in [3.63, 3.8) is 0 Å². The molecule has 0 unspecified atom stereocenters. The Morgan fingerprint density at radius 2 is 1.89 bits per heavy atom. The molecule has 0 atom stereocenters. The van der Waals surface area contributed by atoms with Crippen LogP contribution in [0.15, 0.2) is 41.1 Å². The van der Waals surface area contributed by atoms with E-state index in [0.29, 0.717) is 23.1 Å². The van der Waals surface area contributed by atoms with Crippen molar-refractivity contribution >= 4 is 11.7 Å². The number of halogens is 2. The number of pyridine rings is 1. The van der Waals surface area contributed by atoms with Crippen molar-refractivity contribution in [3.8, 4) is 0 Å². The van der Waals surface area contributed by atoms with Crippen LogP contribution in [0.3, 0.4) is 0 Å². The molecule has 2 heterocycles. The molecule has 2 N–H and O–H groups in total. The number of rotatable bonds is 7. The molecule has 3 aromatic rings. The van der Waals surface area contributed by atoms with Crippen molar-refractivity contribution in [1.29, 1.82) is 0 Å². The smallest absolute Gasteiger partial charge is 0.253 e. The van der Waals surface area contributed by atoms with Crippen molar-refractivity contribution in [2.45, 2.75) is 32.9 Å². The summed E-state index contributed by atoms with van der Waals surface area (Å²) in [5, 5.41) is 9.30. The fourth-order valence-corrected chi connectivity index (χ4v) is 2.35. The highest BCUT2D eigenvalue weighted by atomic mass is 19.1. The normalized spacial score (nSPS) is 10.9. The van der Waals surface area contributed by atoms with Crippen molar-refractivity contribution in [1.82, 2.24) is 20.4 Å². The molecule has 2 aromatic heterocycles. The monoisotopic (exact) mass is 387 g/mol. The molecule has 0 spiro atoms. The van der Waals surface area contributed by atoms with E-state index < -0.39 is 11.6 Å². The Balaban J connectivity index is 1.55. The summed E-state index contributed by atoms with van der Waals surface area (Å²) in [7, 11) is 0. The van der Waals surface area contributed by atoms with Crippen molar-refractivity contribution in [3.05, 3.63) is 71.0 Å². The van der Waals surface area contributed by atoms with Crippen LogP contribution in [-0.2, 0) is 13.1 Å². The summed E-state index contributed by atoms with van der Waals surface area (Å²) in [4.78, 5) is 20.4. The molecule has 9 heteroatoms. The lowest BCUT2D eigenvalue weighted by molar-refractivity contribution is 0.0949. The molecule has 146 valence electrons. The van der Waals surface area contributed by atoms with E-state index in [9.17, 15) is 13.6 Å². The molecular formula is C19H19F2N5O2. The zero-order valence-corrected chi connectivity index (χ0v) is 15.4. The average molecular weight is 387 g/mol. The van der Waals surface area contributed by atoms with Gasteiger partial charge in [-0.1, -0.05) is 25.1 Å². The first-order chi connectivity index (χ1) is 13.4. The van der Waals surface area contributed by atoms with Gasteiger partial charge in [0.15, 0.2) is 5.82 Å². The predicted octanol–water partition coefficient (Wildman–Crippen LogP) is 3.41. The van der Waals surface area contributed by atoms with Crippen LogP contribution >= 0.6 is 0 Å². The summed E-state index contributed by atoms with van der Waals surface area (Å²) in [6, 6.07) is 6.79. The number of carbonyl (C=O) groups excluding carboxylic acids is 1. The lowest BCUT2D eigenvalue weighted by Crippen LogP contribution is -2.23. The number of carbonyl (C=O) groups is 1. The van der Waals surface area contributed by atoms with Gasteiger partial charge in [-0.3, -0.25) is 4.79 Å². The van der Waals surface area contributed by atoms with Gasteiger partial charge >= 0.3 is 0 Å². The van der Waals surface area contributed by atoms with Gasteiger partial charge in [-0.25, -0.2) is 13.8 Å². The van der Waals surface area contributed by atoms with Crippen molar-refractivity contribution < 1.29 is 18.1 Å². The highest BCUT2D eigenvalue weighted by Crippen LogP contribution is 2.14. The van der Waals surface area contributed by atoms with Gasteiger partial charge in [0.1, 0.15) is 17.5 Å². The number of nitrogens with one attached hydrogen (secondary N) is 2. The Morgan fingerprint density at radius 3 is 2.50 bits per heavy atom. The molecule has 0 saturated carbocycles. The highest BCUT2D eigenvalue weighted by molar-refractivity contribution is 5.93. The largest absolute Gasteiger partial charge is 0.366 e. The number of nitrogens with zero attached hydrogens (tertiary/aromatic N) is 3. The Kier molecular flexibility index (Phi) is 5.93. The number of anilines is 1. The quantitative estimate of drug-likeness (QED) is 0.645. The number of aromatic nitrogens is 3. The number of amides is 1. The summed E-state index contributed by atoms with van der Waals surface area (Å²) in [6.45, 7) is 3.92. The first-order valence-electron chi connectivity index (χ1n) is 8.67. The van der Waals surface area contributed by atoms with Crippen LogP contribution in [0.2, 0.25) is 0 Å². The van der Waals surface area contributed by atoms with E-state index in [-0.39, 0.29) is 30.5 Å². The minimum Gasteiger partial charge on any atom is -0.366 e. The van der Waals surface area contributed by atoms with Gasteiger partial charge in [-0.05, 0) is 24.3 Å². The van der Waals surface area contributed by atoms with E-state index in [1.54, 1.807) is 12.1 Å². The molecule has 0 bridgehead atoms. The predicted molar refractivity (Wildman–Crippen MR) is 97.5 cm³/mol. The van der Waals surface area contributed by atoms with Crippen LogP contribution in [0.25, 0.3) is 0 Å². The Morgan fingerprint density at radius 1 is 1.14 bits per heavy atom. The van der Waals surface area contributed by atoms with Crippen molar-refractivity contribution in [2.24, 2.45) is 0 Å². The molecule has 0 saturated heterocycles. The fourth-order valence-electron chi connectivity index (χ4n) is 2.35. The van der Waals surface area contributed by atoms with E-state index in [4.69, 9.17) is 4.52 Å². The molecule has 1 amide bonds. The van der Waals surface area contributed by atoms with Gasteiger partial charge in [0, 0.05) is 24.2 Å². The lowest BCUT2D eigenvalue weighted by Gasteiger charge is -2.08. The van der Waals surface area contributed by atoms with Gasteiger partial charge in [0.25, 0.3) is 5.91 Å². The van der Waals surface area contributed by atoms with Crippen LogP contribution in [0.4, 0.5) is 14.6 Å². The van der Waals surface area contributed by atoms with Crippen LogP contribution < -0.4 is 10.6 Å². The van der Waals surface area contributed by atoms with Gasteiger partial charge in [0.2, 0.25) is 5.89 Å². The van der Waals surface area contributed by atoms with Crippen molar-refractivity contribution in [2.75, 3.05) is 5.32 Å². The summed E-state index contributed by atoms with van der Waals surface area (Å²) in [6.07, 6.45) is 1.37. The standard InChI is InChI=1S/C19H19F2N5O2/c1-11(2)19-25-17(26-28-19)10-24-18(27)12-6-7-16(22-8-12)23-9-13-14(20)4-3-5-15(13)21/h3-8,11H,9-10H2,1-2H3,(H,22,23)(H,24,27). The minimum absolute atomic E-state index is 0.0624. The SMILES string of the molecule is CC(C)c1nc(CNC(=O)c2ccc(NCc3c(F)cccc3F)nc2)no1. The molecule has 1 aromatic carbocycles. The van der Waals surface area contributed by atoms with Gasteiger partial charge in [-0.15, -0.1) is 0 Å². The second kappa shape index (κ2) is 8.55. The summed E-state index contributed by atoms with van der Waals surface area (Å²) >= 11 is 0. The Labute approximate surface area is 160 Å². The van der Waals surface area contributed by atoms with Crippen LogP contribution in [0, 0.1) is 11.6 Å². The van der Waals surface area contributed by atoms with E-state index in [0.717, 1.165) is 0 Å². The molecule has 0 aliphatic rings. The van der Waals surface area contributed by atoms with E-state index in [2.05, 4.69) is 25.8 Å². The molecule has 28 heavy (non-hydrogen) atoms. The fraction of sp³-hybridized carbons (Fsp3) is 0.263. The molecule has 0 aliphatic heterocycles. The zero-order valence-electron chi connectivity index (χ0n) is 15.4. The number of hydrogen-bond donors (Lipinski definition) is 2. The van der Waals surface area contributed by atoms with Gasteiger partial charge in [-0.2, -0.15) is 4.98 Å². The summed E-state index contributed by atoms with van der Waals surface area (Å²) < 4.78 is 32.3. The average Bonchev–Trinajstić information content (AvgIpc) is 3.16. The topological polar surface area (TPSA) is 92.9 Å². The first kappa shape index (κ1) is 19.4. The molecule has 0 fully saturated rings. The molecule has 3 rings (SSSR count). The maximum Gasteiger partial charge on any atom is 0.253 e. The first-order valence-corrected chi connectivity index (χ1v) is 8.67. The second-order valence-corrected chi connectivity index (χ2v) is 6.37. The van der Waals surface area contributed by atoms with Crippen LogP contribution in [0.5, 0.6) is 0 Å². The summed E-state index contributed by atoms with van der Waals surface area (Å²) in [5.74, 6) is -0.230. The Hall–Kier alpha value is -3.36. The van der Waals surface area contributed by atoms with Gasteiger partial charge < -0.3 is 15.2 Å². The van der Waals surface area contributed by atoms with Crippen LogP contribution in [-0.4, -0.2) is 21.0 Å². The third-order valence-corrected chi connectivity index (χ3v) is 3.92. The molecule has 0 radical (unpaired) electrons. The van der Waals surface area contributed by atoms with Gasteiger partial charge in [0.05, 0.1) is 12.1 Å². The third-order valence-electron chi connectivity index (χ3n) is 3.92. The highest BCUT2D eigenvalue weighted by Gasteiger charge is 2.12. The van der Waals surface area contributed by atoms with E-state index >= 15 is 0 Å². The third kappa shape index (κ3) is 4.67. The maximum atomic E-state index is 13.6.